The quantitative estimate of drug-likeness (QED) is 0.425. The van der Waals surface area contributed by atoms with E-state index >= 15 is 0 Å². The van der Waals surface area contributed by atoms with Crippen LogP contribution in [0.4, 0.5) is 0 Å². The zero-order valence-corrected chi connectivity index (χ0v) is 14.3. The van der Waals surface area contributed by atoms with Gasteiger partial charge in [-0.3, -0.25) is 4.79 Å². The topological polar surface area (TPSA) is 46.5 Å². The fourth-order valence-electron chi connectivity index (χ4n) is 2.58. The van der Waals surface area contributed by atoms with E-state index in [1.807, 2.05) is 57.2 Å². The predicted molar refractivity (Wildman–Crippen MR) is 97.1 cm³/mol. The van der Waals surface area contributed by atoms with Crippen molar-refractivity contribution < 1.29 is 14.6 Å². The van der Waals surface area contributed by atoms with Gasteiger partial charge in [0.2, 0.25) is 0 Å². The standard InChI is InChI=1S/C21H22O3/c1-4-21(2,3)20(23)24-19-8-7-16-10-17-9-14(13-22)5-6-15(17)11-18(16)12-19/h5-12,22H,4,13H2,1-3H3. The highest BCUT2D eigenvalue weighted by Gasteiger charge is 2.27. The van der Waals surface area contributed by atoms with Crippen LogP contribution in [0, 0.1) is 5.41 Å². The number of hydrogen-bond acceptors (Lipinski definition) is 3. The molecule has 0 heterocycles. The van der Waals surface area contributed by atoms with E-state index in [1.54, 1.807) is 0 Å². The van der Waals surface area contributed by atoms with Gasteiger partial charge in [0.25, 0.3) is 0 Å². The Morgan fingerprint density at radius 1 is 0.958 bits per heavy atom. The van der Waals surface area contributed by atoms with Crippen molar-refractivity contribution in [3.63, 3.8) is 0 Å². The molecule has 0 aliphatic carbocycles. The molecule has 0 saturated heterocycles. The Morgan fingerprint density at radius 2 is 1.58 bits per heavy atom. The molecule has 0 amide bonds. The van der Waals surface area contributed by atoms with Crippen LogP contribution in [0.5, 0.6) is 5.75 Å². The number of aliphatic hydroxyl groups excluding tert-OH is 1. The molecule has 0 bridgehead atoms. The van der Waals surface area contributed by atoms with E-state index in [0.29, 0.717) is 5.75 Å². The molecule has 24 heavy (non-hydrogen) atoms. The molecule has 0 atom stereocenters. The van der Waals surface area contributed by atoms with Crippen LogP contribution in [-0.4, -0.2) is 11.1 Å². The molecule has 0 spiro atoms. The fourth-order valence-corrected chi connectivity index (χ4v) is 2.58. The molecule has 0 unspecified atom stereocenters. The molecule has 0 aromatic heterocycles. The zero-order chi connectivity index (χ0) is 17.3. The summed E-state index contributed by atoms with van der Waals surface area (Å²) in [4.78, 5) is 12.2. The van der Waals surface area contributed by atoms with Gasteiger partial charge in [-0.1, -0.05) is 25.1 Å². The van der Waals surface area contributed by atoms with Crippen molar-refractivity contribution in [1.29, 1.82) is 0 Å². The average molecular weight is 322 g/mol. The van der Waals surface area contributed by atoms with Crippen molar-refractivity contribution in [3.8, 4) is 5.75 Å². The van der Waals surface area contributed by atoms with E-state index in [0.717, 1.165) is 33.5 Å². The molecule has 1 N–H and O–H groups in total. The van der Waals surface area contributed by atoms with Crippen LogP contribution in [0.3, 0.4) is 0 Å². The monoisotopic (exact) mass is 322 g/mol. The van der Waals surface area contributed by atoms with Crippen LogP contribution in [0.25, 0.3) is 21.5 Å². The van der Waals surface area contributed by atoms with Gasteiger partial charge in [0, 0.05) is 0 Å². The van der Waals surface area contributed by atoms with Crippen LogP contribution in [0.15, 0.2) is 48.5 Å². The maximum Gasteiger partial charge on any atom is 0.316 e. The Morgan fingerprint density at radius 3 is 2.21 bits per heavy atom. The lowest BCUT2D eigenvalue weighted by molar-refractivity contribution is -0.144. The smallest absolute Gasteiger partial charge is 0.316 e. The summed E-state index contributed by atoms with van der Waals surface area (Å²) in [6.45, 7) is 5.80. The van der Waals surface area contributed by atoms with Crippen molar-refractivity contribution in [2.75, 3.05) is 0 Å². The third-order valence-corrected chi connectivity index (χ3v) is 4.66. The van der Waals surface area contributed by atoms with E-state index in [-0.39, 0.29) is 12.6 Å². The van der Waals surface area contributed by atoms with Gasteiger partial charge in [0.05, 0.1) is 12.0 Å². The van der Waals surface area contributed by atoms with Gasteiger partial charge in [0.15, 0.2) is 0 Å². The molecular weight excluding hydrogens is 300 g/mol. The van der Waals surface area contributed by atoms with E-state index in [1.165, 1.54) is 0 Å². The maximum absolute atomic E-state index is 12.2. The second kappa shape index (κ2) is 6.25. The number of esters is 1. The third kappa shape index (κ3) is 3.13. The van der Waals surface area contributed by atoms with Crippen LogP contribution in [-0.2, 0) is 11.4 Å². The van der Waals surface area contributed by atoms with Crippen LogP contribution < -0.4 is 4.74 Å². The lowest BCUT2D eigenvalue weighted by Gasteiger charge is -2.20. The van der Waals surface area contributed by atoms with Crippen molar-refractivity contribution in [2.24, 2.45) is 5.41 Å². The highest BCUT2D eigenvalue weighted by molar-refractivity contribution is 5.99. The van der Waals surface area contributed by atoms with Crippen molar-refractivity contribution in [2.45, 2.75) is 33.8 Å². The minimum Gasteiger partial charge on any atom is -0.426 e. The Kier molecular flexibility index (Phi) is 4.29. The van der Waals surface area contributed by atoms with Gasteiger partial charge in [-0.25, -0.2) is 0 Å². The number of fused-ring (bicyclic) bond motifs is 2. The van der Waals surface area contributed by atoms with Gasteiger partial charge >= 0.3 is 5.97 Å². The maximum atomic E-state index is 12.2. The number of carbonyl (C=O) groups is 1. The molecule has 124 valence electrons. The molecule has 0 fully saturated rings. The minimum atomic E-state index is -0.487. The molecule has 0 saturated carbocycles. The van der Waals surface area contributed by atoms with Gasteiger partial charge in [-0.05, 0) is 77.7 Å². The first-order valence-corrected chi connectivity index (χ1v) is 8.22. The van der Waals surface area contributed by atoms with Crippen molar-refractivity contribution in [3.05, 3.63) is 54.1 Å². The normalized spacial score (nSPS) is 11.8. The lowest BCUT2D eigenvalue weighted by atomic mass is 9.91. The summed E-state index contributed by atoms with van der Waals surface area (Å²) in [6, 6.07) is 15.8. The van der Waals surface area contributed by atoms with Crippen molar-refractivity contribution >= 4 is 27.5 Å². The van der Waals surface area contributed by atoms with Gasteiger partial charge in [0.1, 0.15) is 5.75 Å². The van der Waals surface area contributed by atoms with Gasteiger partial charge in [-0.15, -0.1) is 0 Å². The number of carbonyl (C=O) groups excluding carboxylic acids is 1. The molecule has 3 rings (SSSR count). The third-order valence-electron chi connectivity index (χ3n) is 4.66. The zero-order valence-electron chi connectivity index (χ0n) is 14.3. The summed E-state index contributed by atoms with van der Waals surface area (Å²) in [5.74, 6) is 0.359. The van der Waals surface area contributed by atoms with Crippen LogP contribution in [0.2, 0.25) is 0 Å². The Balaban J connectivity index is 1.99. The summed E-state index contributed by atoms with van der Waals surface area (Å²) in [7, 11) is 0. The first-order valence-electron chi connectivity index (χ1n) is 8.22. The van der Waals surface area contributed by atoms with E-state index < -0.39 is 5.41 Å². The number of ether oxygens (including phenoxy) is 1. The lowest BCUT2D eigenvalue weighted by Crippen LogP contribution is -2.28. The number of hydrogen-bond donors (Lipinski definition) is 1. The van der Waals surface area contributed by atoms with E-state index in [4.69, 9.17) is 4.74 Å². The Labute approximate surface area is 141 Å². The summed E-state index contributed by atoms with van der Waals surface area (Å²) in [6.07, 6.45) is 0.733. The molecule has 3 aromatic carbocycles. The fraction of sp³-hybridized carbons (Fsp3) is 0.286. The van der Waals surface area contributed by atoms with Gasteiger partial charge < -0.3 is 9.84 Å². The highest BCUT2D eigenvalue weighted by Crippen LogP contribution is 2.29. The first kappa shape index (κ1) is 16.5. The molecule has 3 nitrogen and oxygen atoms in total. The minimum absolute atomic E-state index is 0.0378. The number of benzene rings is 3. The second-order valence-corrected chi connectivity index (χ2v) is 6.83. The molecule has 0 aliphatic rings. The Bertz CT molecular complexity index is 909. The Hall–Kier alpha value is -2.39. The predicted octanol–water partition coefficient (Wildman–Crippen LogP) is 4.83. The second-order valence-electron chi connectivity index (χ2n) is 6.83. The summed E-state index contributed by atoms with van der Waals surface area (Å²) in [5, 5.41) is 13.6. The van der Waals surface area contributed by atoms with Crippen molar-refractivity contribution in [1.82, 2.24) is 0 Å². The average Bonchev–Trinajstić information content (AvgIpc) is 2.59. The van der Waals surface area contributed by atoms with E-state index in [9.17, 15) is 9.90 Å². The largest absolute Gasteiger partial charge is 0.426 e. The molecule has 3 aromatic rings. The summed E-state index contributed by atoms with van der Waals surface area (Å²) >= 11 is 0. The number of aliphatic hydroxyl groups is 1. The molecular formula is C21H22O3. The van der Waals surface area contributed by atoms with Crippen LogP contribution >= 0.6 is 0 Å². The summed E-state index contributed by atoms with van der Waals surface area (Å²) < 4.78 is 5.55. The molecule has 3 heteroatoms. The SMILES string of the molecule is CCC(C)(C)C(=O)Oc1ccc2cc3cc(CO)ccc3cc2c1. The first-order chi connectivity index (χ1) is 11.4. The molecule has 0 radical (unpaired) electrons. The highest BCUT2D eigenvalue weighted by atomic mass is 16.5. The summed E-state index contributed by atoms with van der Waals surface area (Å²) in [5.41, 5.74) is 0.410. The van der Waals surface area contributed by atoms with E-state index in [2.05, 4.69) is 12.1 Å². The number of rotatable bonds is 4. The van der Waals surface area contributed by atoms with Crippen LogP contribution in [0.1, 0.15) is 32.8 Å². The molecule has 0 aliphatic heterocycles. The van der Waals surface area contributed by atoms with Gasteiger partial charge in [-0.2, -0.15) is 0 Å².